The second kappa shape index (κ2) is 5.43. The van der Waals surface area contributed by atoms with E-state index in [4.69, 9.17) is 10.7 Å². The maximum atomic E-state index is 6.01. The number of anilines is 1. The fourth-order valence-electron chi connectivity index (χ4n) is 3.25. The van der Waals surface area contributed by atoms with Gasteiger partial charge in [-0.2, -0.15) is 11.3 Å². The van der Waals surface area contributed by atoms with Crippen molar-refractivity contribution in [2.24, 2.45) is 5.73 Å². The third kappa shape index (κ3) is 2.58. The van der Waals surface area contributed by atoms with E-state index in [1.807, 2.05) is 0 Å². The zero-order chi connectivity index (χ0) is 14.2. The van der Waals surface area contributed by atoms with Crippen molar-refractivity contribution in [2.75, 3.05) is 4.90 Å². The Hall–Kier alpha value is -1.39. The van der Waals surface area contributed by atoms with Crippen molar-refractivity contribution in [3.63, 3.8) is 0 Å². The van der Waals surface area contributed by atoms with Gasteiger partial charge in [0.25, 0.3) is 0 Å². The van der Waals surface area contributed by atoms with Gasteiger partial charge in [-0.1, -0.05) is 0 Å². The Morgan fingerprint density at radius 3 is 2.95 bits per heavy atom. The summed E-state index contributed by atoms with van der Waals surface area (Å²) in [5, 5.41) is 4.39. The summed E-state index contributed by atoms with van der Waals surface area (Å²) < 4.78 is 0. The van der Waals surface area contributed by atoms with Gasteiger partial charge in [0.2, 0.25) is 0 Å². The summed E-state index contributed by atoms with van der Waals surface area (Å²) in [4.78, 5) is 7.50. The van der Waals surface area contributed by atoms with Crippen LogP contribution in [0.3, 0.4) is 0 Å². The fraction of sp³-hybridized carbons (Fsp3) is 0.471. The Morgan fingerprint density at radius 1 is 1.33 bits per heavy atom. The number of nitrogens with zero attached hydrogens (tertiary/aromatic N) is 2. The Labute approximate surface area is 129 Å². The molecule has 0 unspecified atom stereocenters. The van der Waals surface area contributed by atoms with Crippen molar-refractivity contribution in [1.82, 2.24) is 4.98 Å². The number of thiophene rings is 1. The van der Waals surface area contributed by atoms with Crippen LogP contribution in [0.25, 0.3) is 0 Å². The lowest BCUT2D eigenvalue weighted by Gasteiger charge is -2.26. The number of nitrogens with two attached hydrogens (primary N) is 1. The van der Waals surface area contributed by atoms with Crippen LogP contribution in [-0.4, -0.2) is 11.0 Å². The first kappa shape index (κ1) is 13.3. The molecule has 110 valence electrons. The van der Waals surface area contributed by atoms with Gasteiger partial charge in [0.15, 0.2) is 0 Å². The summed E-state index contributed by atoms with van der Waals surface area (Å²) in [6.45, 7) is 1.55. The standard InChI is InChI=1S/C17H21N3S/c18-9-14-8-13-2-1-3-16(13)19-17(14)20(15-4-5-15)10-12-6-7-21-11-12/h6-8,11,15H,1-5,9-10,18H2. The Morgan fingerprint density at radius 2 is 2.24 bits per heavy atom. The second-order valence-electron chi connectivity index (χ2n) is 6.13. The maximum absolute atomic E-state index is 6.01. The molecule has 0 aliphatic heterocycles. The summed E-state index contributed by atoms with van der Waals surface area (Å²) >= 11 is 1.77. The second-order valence-corrected chi connectivity index (χ2v) is 6.91. The van der Waals surface area contributed by atoms with E-state index >= 15 is 0 Å². The van der Waals surface area contributed by atoms with Crippen molar-refractivity contribution in [3.05, 3.63) is 45.3 Å². The highest BCUT2D eigenvalue weighted by Crippen LogP contribution is 2.36. The molecule has 0 aromatic carbocycles. The lowest BCUT2D eigenvalue weighted by molar-refractivity contribution is 0.764. The van der Waals surface area contributed by atoms with Crippen molar-refractivity contribution in [1.29, 1.82) is 0 Å². The molecular weight excluding hydrogens is 278 g/mol. The number of fused-ring (bicyclic) bond motifs is 1. The molecule has 0 amide bonds. The van der Waals surface area contributed by atoms with Gasteiger partial charge in [-0.25, -0.2) is 4.98 Å². The molecule has 4 heteroatoms. The Bertz CT molecular complexity index is 632. The van der Waals surface area contributed by atoms with E-state index in [2.05, 4.69) is 27.8 Å². The normalized spacial score (nSPS) is 17.0. The molecule has 2 aromatic heterocycles. The average molecular weight is 299 g/mol. The largest absolute Gasteiger partial charge is 0.349 e. The number of aryl methyl sites for hydroxylation is 2. The van der Waals surface area contributed by atoms with Gasteiger partial charge in [-0.15, -0.1) is 0 Å². The lowest BCUT2D eigenvalue weighted by Crippen LogP contribution is -2.28. The quantitative estimate of drug-likeness (QED) is 0.921. The summed E-state index contributed by atoms with van der Waals surface area (Å²) in [6.07, 6.45) is 6.11. The van der Waals surface area contributed by atoms with Crippen LogP contribution in [0.15, 0.2) is 22.9 Å². The molecule has 0 saturated heterocycles. The molecule has 1 fully saturated rings. The smallest absolute Gasteiger partial charge is 0.133 e. The van der Waals surface area contributed by atoms with E-state index in [-0.39, 0.29) is 0 Å². The molecule has 0 bridgehead atoms. The van der Waals surface area contributed by atoms with Gasteiger partial charge in [0.05, 0.1) is 0 Å². The van der Waals surface area contributed by atoms with Gasteiger partial charge in [0.1, 0.15) is 5.82 Å². The van der Waals surface area contributed by atoms with Crippen LogP contribution in [0.1, 0.15) is 41.6 Å². The monoisotopic (exact) mass is 299 g/mol. The van der Waals surface area contributed by atoms with E-state index < -0.39 is 0 Å². The first-order chi connectivity index (χ1) is 10.3. The zero-order valence-corrected chi connectivity index (χ0v) is 13.0. The third-order valence-electron chi connectivity index (χ3n) is 4.52. The highest BCUT2D eigenvalue weighted by Gasteiger charge is 2.32. The average Bonchev–Trinajstić information content (AvgIpc) is 3.02. The van der Waals surface area contributed by atoms with E-state index in [1.54, 1.807) is 11.3 Å². The fourth-order valence-corrected chi connectivity index (χ4v) is 3.91. The predicted octanol–water partition coefficient (Wildman–Crippen LogP) is 3.26. The van der Waals surface area contributed by atoms with Crippen LogP contribution in [0.5, 0.6) is 0 Å². The van der Waals surface area contributed by atoms with Crippen molar-refractivity contribution >= 4 is 17.2 Å². The first-order valence-corrected chi connectivity index (χ1v) is 8.79. The molecule has 2 aliphatic carbocycles. The topological polar surface area (TPSA) is 42.1 Å². The molecule has 2 N–H and O–H groups in total. The van der Waals surface area contributed by atoms with Crippen LogP contribution in [0.4, 0.5) is 5.82 Å². The molecule has 0 atom stereocenters. The van der Waals surface area contributed by atoms with Crippen LogP contribution in [0.2, 0.25) is 0 Å². The van der Waals surface area contributed by atoms with Gasteiger partial charge in [-0.05, 0) is 66.1 Å². The van der Waals surface area contributed by atoms with Crippen molar-refractivity contribution in [3.8, 4) is 0 Å². The van der Waals surface area contributed by atoms with E-state index in [0.29, 0.717) is 12.6 Å². The number of hydrogen-bond donors (Lipinski definition) is 1. The molecule has 2 heterocycles. The van der Waals surface area contributed by atoms with Crippen molar-refractivity contribution in [2.45, 2.75) is 51.2 Å². The molecule has 2 aromatic rings. The Kier molecular flexibility index (Phi) is 3.43. The van der Waals surface area contributed by atoms with E-state index in [0.717, 1.165) is 18.8 Å². The molecule has 3 nitrogen and oxygen atoms in total. The molecular formula is C17H21N3S. The van der Waals surface area contributed by atoms with Gasteiger partial charge in [0, 0.05) is 30.4 Å². The summed E-state index contributed by atoms with van der Waals surface area (Å²) in [5.41, 5.74) is 11.3. The number of pyridine rings is 1. The van der Waals surface area contributed by atoms with Crippen LogP contribution < -0.4 is 10.6 Å². The first-order valence-electron chi connectivity index (χ1n) is 7.84. The molecule has 2 aliphatic rings. The molecule has 1 saturated carbocycles. The number of rotatable bonds is 5. The summed E-state index contributed by atoms with van der Waals surface area (Å²) in [6, 6.07) is 5.19. The van der Waals surface area contributed by atoms with E-state index in [1.165, 1.54) is 48.1 Å². The predicted molar refractivity (Wildman–Crippen MR) is 87.7 cm³/mol. The highest BCUT2D eigenvalue weighted by molar-refractivity contribution is 7.07. The van der Waals surface area contributed by atoms with Crippen LogP contribution in [0, 0.1) is 0 Å². The minimum absolute atomic E-state index is 0.586. The number of aromatic nitrogens is 1. The molecule has 4 rings (SSSR count). The third-order valence-corrected chi connectivity index (χ3v) is 5.25. The molecule has 0 radical (unpaired) electrons. The summed E-state index contributed by atoms with van der Waals surface area (Å²) in [7, 11) is 0. The maximum Gasteiger partial charge on any atom is 0.133 e. The van der Waals surface area contributed by atoms with Crippen molar-refractivity contribution < 1.29 is 0 Å². The highest BCUT2D eigenvalue weighted by atomic mass is 32.1. The lowest BCUT2D eigenvalue weighted by atomic mass is 10.1. The minimum atomic E-state index is 0.586. The zero-order valence-electron chi connectivity index (χ0n) is 12.2. The van der Waals surface area contributed by atoms with Gasteiger partial charge < -0.3 is 10.6 Å². The SMILES string of the molecule is NCc1cc2c(nc1N(Cc1ccsc1)C1CC1)CCC2. The Balaban J connectivity index is 1.71. The molecule has 21 heavy (non-hydrogen) atoms. The van der Waals surface area contributed by atoms with Gasteiger partial charge >= 0.3 is 0 Å². The molecule has 0 spiro atoms. The van der Waals surface area contributed by atoms with Crippen LogP contribution in [-0.2, 0) is 25.9 Å². The number of hydrogen-bond acceptors (Lipinski definition) is 4. The van der Waals surface area contributed by atoms with E-state index in [9.17, 15) is 0 Å². The summed E-state index contributed by atoms with van der Waals surface area (Å²) in [5.74, 6) is 1.15. The van der Waals surface area contributed by atoms with Crippen LogP contribution >= 0.6 is 11.3 Å². The minimum Gasteiger partial charge on any atom is -0.349 e. The van der Waals surface area contributed by atoms with Gasteiger partial charge in [-0.3, -0.25) is 0 Å².